The van der Waals surface area contributed by atoms with Crippen LogP contribution in [0.25, 0.3) is 0 Å². The summed E-state index contributed by atoms with van der Waals surface area (Å²) in [6.07, 6.45) is 12.2. The van der Waals surface area contributed by atoms with E-state index in [2.05, 4.69) is 24.6 Å². The Kier molecular flexibility index (Phi) is 5.75. The topological polar surface area (TPSA) is 81.7 Å². The number of likely N-dealkylation sites (tertiary alicyclic amines) is 1. The minimum absolute atomic E-state index is 0.215. The van der Waals surface area contributed by atoms with Gasteiger partial charge < -0.3 is 9.47 Å². The lowest BCUT2D eigenvalue weighted by Crippen LogP contribution is -2.39. The van der Waals surface area contributed by atoms with Crippen molar-refractivity contribution in [2.75, 3.05) is 13.1 Å². The summed E-state index contributed by atoms with van der Waals surface area (Å²) < 4.78 is 3.92. The van der Waals surface area contributed by atoms with Crippen LogP contribution in [0, 0.1) is 0 Å². The summed E-state index contributed by atoms with van der Waals surface area (Å²) in [7, 11) is 0. The first kappa shape index (κ1) is 18.3. The maximum absolute atomic E-state index is 12.7. The van der Waals surface area contributed by atoms with Crippen molar-refractivity contribution in [3.63, 3.8) is 0 Å². The lowest BCUT2D eigenvalue weighted by molar-refractivity contribution is -0.132. The van der Waals surface area contributed by atoms with Crippen molar-refractivity contribution < 1.29 is 4.79 Å². The molecule has 28 heavy (non-hydrogen) atoms. The van der Waals surface area contributed by atoms with Gasteiger partial charge in [0, 0.05) is 50.6 Å². The van der Waals surface area contributed by atoms with Crippen LogP contribution in [0.5, 0.6) is 0 Å². The SMILES string of the molecule is O=C(CCCn1cncn1)N1CCCC(c2nccn2Cc2ccccn2)C1. The lowest BCUT2D eigenvalue weighted by atomic mass is 9.96. The van der Waals surface area contributed by atoms with E-state index in [0.29, 0.717) is 13.0 Å². The van der Waals surface area contributed by atoms with Gasteiger partial charge in [0.1, 0.15) is 18.5 Å². The Labute approximate surface area is 164 Å². The molecule has 1 saturated heterocycles. The Morgan fingerprint density at radius 3 is 3.00 bits per heavy atom. The highest BCUT2D eigenvalue weighted by Gasteiger charge is 2.27. The highest BCUT2D eigenvalue weighted by Crippen LogP contribution is 2.26. The highest BCUT2D eigenvalue weighted by atomic mass is 16.2. The number of hydrogen-bond donors (Lipinski definition) is 0. The second kappa shape index (κ2) is 8.77. The van der Waals surface area contributed by atoms with Crippen LogP contribution >= 0.6 is 0 Å². The Balaban J connectivity index is 1.35. The fourth-order valence-electron chi connectivity index (χ4n) is 3.79. The number of nitrogens with zero attached hydrogens (tertiary/aromatic N) is 7. The predicted octanol–water partition coefficient (Wildman–Crippen LogP) is 2.10. The largest absolute Gasteiger partial charge is 0.342 e. The molecule has 0 radical (unpaired) electrons. The van der Waals surface area contributed by atoms with Crippen molar-refractivity contribution in [2.45, 2.75) is 44.7 Å². The van der Waals surface area contributed by atoms with Gasteiger partial charge in [-0.05, 0) is 31.4 Å². The quantitative estimate of drug-likeness (QED) is 0.628. The molecule has 3 aromatic heterocycles. The summed E-state index contributed by atoms with van der Waals surface area (Å²) in [6, 6.07) is 5.95. The van der Waals surface area contributed by atoms with E-state index in [1.165, 1.54) is 6.33 Å². The maximum atomic E-state index is 12.7. The number of aromatic nitrogens is 6. The zero-order valence-electron chi connectivity index (χ0n) is 15.9. The molecule has 0 aromatic carbocycles. The highest BCUT2D eigenvalue weighted by molar-refractivity contribution is 5.76. The molecule has 0 bridgehead atoms. The number of amides is 1. The molecule has 1 unspecified atom stereocenters. The van der Waals surface area contributed by atoms with Crippen LogP contribution in [0.3, 0.4) is 0 Å². The van der Waals surface area contributed by atoms with E-state index >= 15 is 0 Å². The molecule has 3 aromatic rings. The summed E-state index contributed by atoms with van der Waals surface area (Å²) in [5.74, 6) is 1.53. The second-order valence-corrected chi connectivity index (χ2v) is 7.18. The molecule has 0 N–H and O–H groups in total. The summed E-state index contributed by atoms with van der Waals surface area (Å²) in [5.41, 5.74) is 1.01. The van der Waals surface area contributed by atoms with Gasteiger partial charge in [-0.3, -0.25) is 14.5 Å². The zero-order valence-corrected chi connectivity index (χ0v) is 15.9. The molecule has 8 heteroatoms. The van der Waals surface area contributed by atoms with Crippen molar-refractivity contribution in [1.29, 1.82) is 0 Å². The molecule has 0 saturated carbocycles. The normalized spacial score (nSPS) is 17.0. The van der Waals surface area contributed by atoms with Gasteiger partial charge in [-0.25, -0.2) is 9.97 Å². The number of hydrogen-bond acceptors (Lipinski definition) is 5. The Bertz CT molecular complexity index is 875. The van der Waals surface area contributed by atoms with E-state index in [9.17, 15) is 4.79 Å². The number of rotatable bonds is 7. The molecular formula is C20H25N7O. The first-order valence-electron chi connectivity index (χ1n) is 9.81. The van der Waals surface area contributed by atoms with E-state index < -0.39 is 0 Å². The Hall–Kier alpha value is -3.03. The second-order valence-electron chi connectivity index (χ2n) is 7.18. The van der Waals surface area contributed by atoms with Crippen LogP contribution < -0.4 is 0 Å². The first-order valence-corrected chi connectivity index (χ1v) is 9.81. The van der Waals surface area contributed by atoms with Crippen molar-refractivity contribution >= 4 is 5.91 Å². The third-order valence-electron chi connectivity index (χ3n) is 5.19. The van der Waals surface area contributed by atoms with Gasteiger partial charge in [0.15, 0.2) is 0 Å². The summed E-state index contributed by atoms with van der Waals surface area (Å²) in [4.78, 5) is 27.6. The molecule has 1 aliphatic rings. The van der Waals surface area contributed by atoms with Gasteiger partial charge in [0.05, 0.1) is 12.2 Å². The van der Waals surface area contributed by atoms with Crippen molar-refractivity contribution in [3.8, 4) is 0 Å². The van der Waals surface area contributed by atoms with Gasteiger partial charge in [0.2, 0.25) is 5.91 Å². The van der Waals surface area contributed by atoms with Crippen molar-refractivity contribution in [2.24, 2.45) is 0 Å². The van der Waals surface area contributed by atoms with Gasteiger partial charge in [-0.15, -0.1) is 0 Å². The third-order valence-corrected chi connectivity index (χ3v) is 5.19. The molecule has 4 rings (SSSR count). The maximum Gasteiger partial charge on any atom is 0.222 e. The molecule has 1 amide bonds. The van der Waals surface area contributed by atoms with Gasteiger partial charge in [-0.1, -0.05) is 6.07 Å². The minimum Gasteiger partial charge on any atom is -0.342 e. The molecule has 8 nitrogen and oxygen atoms in total. The van der Waals surface area contributed by atoms with Crippen LogP contribution in [-0.4, -0.2) is 53.2 Å². The molecule has 1 atom stereocenters. The number of pyridine rings is 1. The van der Waals surface area contributed by atoms with Crippen LogP contribution in [0.15, 0.2) is 49.4 Å². The number of piperidine rings is 1. The average molecular weight is 379 g/mol. The van der Waals surface area contributed by atoms with Crippen LogP contribution in [0.4, 0.5) is 0 Å². The van der Waals surface area contributed by atoms with E-state index in [0.717, 1.165) is 50.4 Å². The number of carbonyl (C=O) groups excluding carboxylic acids is 1. The molecule has 4 heterocycles. The number of aryl methyl sites for hydroxylation is 1. The van der Waals surface area contributed by atoms with Crippen molar-refractivity contribution in [1.82, 2.24) is 34.2 Å². The smallest absolute Gasteiger partial charge is 0.222 e. The summed E-state index contributed by atoms with van der Waals surface area (Å²) >= 11 is 0. The average Bonchev–Trinajstić information content (AvgIpc) is 3.41. The van der Waals surface area contributed by atoms with Crippen LogP contribution in [-0.2, 0) is 17.9 Å². The molecular weight excluding hydrogens is 354 g/mol. The minimum atomic E-state index is 0.215. The van der Waals surface area contributed by atoms with Gasteiger partial charge >= 0.3 is 0 Å². The molecule has 0 aliphatic carbocycles. The summed E-state index contributed by atoms with van der Waals surface area (Å²) in [5, 5.41) is 4.08. The third kappa shape index (κ3) is 4.44. The van der Waals surface area contributed by atoms with Gasteiger partial charge in [-0.2, -0.15) is 5.10 Å². The molecule has 0 spiro atoms. The fraction of sp³-hybridized carbons (Fsp3) is 0.450. The molecule has 146 valence electrons. The van der Waals surface area contributed by atoms with Crippen molar-refractivity contribution in [3.05, 3.63) is 61.0 Å². The number of carbonyl (C=O) groups is 1. The van der Waals surface area contributed by atoms with E-state index in [1.807, 2.05) is 41.7 Å². The monoisotopic (exact) mass is 379 g/mol. The summed E-state index contributed by atoms with van der Waals surface area (Å²) in [6.45, 7) is 3.00. The standard InChI is InChI=1S/C20H25N7O/c28-19(7-4-11-27-16-21-15-24-27)25-10-3-5-17(13-25)20-23-9-12-26(20)14-18-6-1-2-8-22-18/h1-2,6,8-9,12,15-17H,3-5,7,10-11,13-14H2. The molecule has 1 aliphatic heterocycles. The predicted molar refractivity (Wildman–Crippen MR) is 103 cm³/mol. The lowest BCUT2D eigenvalue weighted by Gasteiger charge is -2.32. The van der Waals surface area contributed by atoms with Crippen LogP contribution in [0.2, 0.25) is 0 Å². The number of imidazole rings is 1. The van der Waals surface area contributed by atoms with Crippen LogP contribution in [0.1, 0.15) is 43.1 Å². The fourth-order valence-corrected chi connectivity index (χ4v) is 3.79. The zero-order chi connectivity index (χ0) is 19.2. The molecule has 1 fully saturated rings. The van der Waals surface area contributed by atoms with E-state index in [-0.39, 0.29) is 11.8 Å². The Morgan fingerprint density at radius 2 is 2.18 bits per heavy atom. The Morgan fingerprint density at radius 1 is 1.21 bits per heavy atom. The first-order chi connectivity index (χ1) is 13.8. The van der Waals surface area contributed by atoms with E-state index in [4.69, 9.17) is 0 Å². The van der Waals surface area contributed by atoms with Gasteiger partial charge in [0.25, 0.3) is 0 Å². The van der Waals surface area contributed by atoms with E-state index in [1.54, 1.807) is 11.0 Å².